The first-order valence-electron chi connectivity index (χ1n) is 6.47. The Morgan fingerprint density at radius 1 is 1.25 bits per heavy atom. The summed E-state index contributed by atoms with van der Waals surface area (Å²) in [6.07, 6.45) is 0.370. The topological polar surface area (TPSA) is 81.4 Å². The van der Waals surface area contributed by atoms with Gasteiger partial charge < -0.3 is 15.8 Å². The van der Waals surface area contributed by atoms with E-state index in [1.54, 1.807) is 32.9 Å². The SMILES string of the molecule is COC(=O)[C@H](Cc1ccc(N)cc1)NC(=O)C(C)(C)C. The average molecular weight is 278 g/mol. The lowest BCUT2D eigenvalue weighted by atomic mass is 9.94. The Hall–Kier alpha value is -2.04. The quantitative estimate of drug-likeness (QED) is 0.646. The van der Waals surface area contributed by atoms with Crippen molar-refractivity contribution in [3.8, 4) is 0 Å². The van der Waals surface area contributed by atoms with Gasteiger partial charge in [-0.25, -0.2) is 4.79 Å². The zero-order valence-electron chi connectivity index (χ0n) is 12.4. The van der Waals surface area contributed by atoms with Gasteiger partial charge in [-0.1, -0.05) is 32.9 Å². The van der Waals surface area contributed by atoms with E-state index in [0.29, 0.717) is 12.1 Å². The lowest BCUT2D eigenvalue weighted by molar-refractivity contribution is -0.146. The molecule has 1 atom stereocenters. The number of carbonyl (C=O) groups is 2. The maximum Gasteiger partial charge on any atom is 0.328 e. The zero-order chi connectivity index (χ0) is 15.3. The van der Waals surface area contributed by atoms with Crippen molar-refractivity contribution in [2.75, 3.05) is 12.8 Å². The highest BCUT2D eigenvalue weighted by Gasteiger charge is 2.28. The lowest BCUT2D eigenvalue weighted by Crippen LogP contribution is -2.47. The minimum atomic E-state index is -0.699. The second-order valence-electron chi connectivity index (χ2n) is 5.74. The van der Waals surface area contributed by atoms with Crippen LogP contribution in [0.25, 0.3) is 0 Å². The van der Waals surface area contributed by atoms with Crippen molar-refractivity contribution in [1.29, 1.82) is 0 Å². The number of ether oxygens (including phenoxy) is 1. The number of benzene rings is 1. The highest BCUT2D eigenvalue weighted by atomic mass is 16.5. The summed E-state index contributed by atoms with van der Waals surface area (Å²) < 4.78 is 4.74. The van der Waals surface area contributed by atoms with Crippen LogP contribution in [0.15, 0.2) is 24.3 Å². The summed E-state index contributed by atoms with van der Waals surface area (Å²) in [5, 5.41) is 2.73. The third-order valence-electron chi connectivity index (χ3n) is 2.89. The van der Waals surface area contributed by atoms with Gasteiger partial charge >= 0.3 is 5.97 Å². The normalized spacial score (nSPS) is 12.6. The Labute approximate surface area is 119 Å². The predicted molar refractivity (Wildman–Crippen MR) is 78.0 cm³/mol. The minimum Gasteiger partial charge on any atom is -0.467 e. The number of rotatable bonds is 4. The second-order valence-corrected chi connectivity index (χ2v) is 5.74. The van der Waals surface area contributed by atoms with E-state index in [2.05, 4.69) is 5.32 Å². The first kappa shape index (κ1) is 16.0. The molecule has 110 valence electrons. The highest BCUT2D eigenvalue weighted by molar-refractivity contribution is 5.87. The third kappa shape index (κ3) is 4.57. The predicted octanol–water partition coefficient (Wildman–Crippen LogP) is 1.52. The van der Waals surface area contributed by atoms with Gasteiger partial charge in [-0.05, 0) is 17.7 Å². The molecule has 0 aliphatic heterocycles. The van der Waals surface area contributed by atoms with Gasteiger partial charge in [-0.3, -0.25) is 4.79 Å². The Kier molecular flexibility index (Phi) is 5.13. The van der Waals surface area contributed by atoms with Gasteiger partial charge in [0, 0.05) is 17.5 Å². The van der Waals surface area contributed by atoms with Gasteiger partial charge in [0.05, 0.1) is 7.11 Å². The van der Waals surface area contributed by atoms with E-state index in [0.717, 1.165) is 5.56 Å². The molecule has 0 unspecified atom stereocenters. The maximum atomic E-state index is 12.0. The number of carbonyl (C=O) groups excluding carboxylic acids is 2. The first-order valence-corrected chi connectivity index (χ1v) is 6.47. The number of esters is 1. The van der Waals surface area contributed by atoms with Gasteiger partial charge in [0.15, 0.2) is 0 Å². The van der Waals surface area contributed by atoms with Crippen LogP contribution in [0.1, 0.15) is 26.3 Å². The minimum absolute atomic E-state index is 0.191. The number of hydrogen-bond acceptors (Lipinski definition) is 4. The molecule has 0 saturated heterocycles. The van der Waals surface area contributed by atoms with E-state index in [9.17, 15) is 9.59 Å². The van der Waals surface area contributed by atoms with Crippen LogP contribution in [0, 0.1) is 5.41 Å². The van der Waals surface area contributed by atoms with E-state index in [1.807, 2.05) is 12.1 Å². The van der Waals surface area contributed by atoms with Gasteiger partial charge in [0.1, 0.15) is 6.04 Å². The van der Waals surface area contributed by atoms with Crippen LogP contribution >= 0.6 is 0 Å². The molecule has 0 fully saturated rings. The molecule has 1 aromatic carbocycles. The number of nitrogens with two attached hydrogens (primary N) is 1. The fourth-order valence-electron chi connectivity index (χ4n) is 1.60. The Morgan fingerprint density at radius 2 is 1.80 bits per heavy atom. The molecule has 3 N–H and O–H groups in total. The molecule has 0 saturated carbocycles. The molecule has 0 aliphatic rings. The van der Waals surface area contributed by atoms with Crippen LogP contribution in [0.4, 0.5) is 5.69 Å². The van der Waals surface area contributed by atoms with E-state index in [-0.39, 0.29) is 5.91 Å². The standard InChI is InChI=1S/C15H22N2O3/c1-15(2,3)14(19)17-12(13(18)20-4)9-10-5-7-11(16)8-6-10/h5-8,12H,9,16H2,1-4H3,(H,17,19)/t12-/m0/s1. The van der Waals surface area contributed by atoms with Crippen molar-refractivity contribution in [3.63, 3.8) is 0 Å². The third-order valence-corrected chi connectivity index (χ3v) is 2.89. The van der Waals surface area contributed by atoms with Gasteiger partial charge in [0.2, 0.25) is 5.91 Å². The number of nitrogens with one attached hydrogen (secondary N) is 1. The monoisotopic (exact) mass is 278 g/mol. The largest absolute Gasteiger partial charge is 0.467 e. The van der Waals surface area contributed by atoms with E-state index >= 15 is 0 Å². The summed E-state index contributed by atoms with van der Waals surface area (Å²) in [7, 11) is 1.31. The number of hydrogen-bond donors (Lipinski definition) is 2. The first-order chi connectivity index (χ1) is 9.24. The summed E-state index contributed by atoms with van der Waals surface area (Å²) in [5.41, 5.74) is 6.62. The van der Waals surface area contributed by atoms with Gasteiger partial charge in [-0.15, -0.1) is 0 Å². The smallest absolute Gasteiger partial charge is 0.328 e. The van der Waals surface area contributed by atoms with Crippen molar-refractivity contribution in [2.24, 2.45) is 5.41 Å². The molecule has 1 aromatic rings. The molecule has 0 aliphatic carbocycles. The van der Waals surface area contributed by atoms with Crippen LogP contribution in [0.2, 0.25) is 0 Å². The summed E-state index contributed by atoms with van der Waals surface area (Å²) in [6.45, 7) is 5.37. The number of methoxy groups -OCH3 is 1. The molecule has 0 spiro atoms. The van der Waals surface area contributed by atoms with Gasteiger partial charge in [-0.2, -0.15) is 0 Å². The maximum absolute atomic E-state index is 12.0. The van der Waals surface area contributed by atoms with Crippen molar-refractivity contribution in [2.45, 2.75) is 33.2 Å². The van der Waals surface area contributed by atoms with Crippen molar-refractivity contribution >= 4 is 17.6 Å². The molecule has 5 nitrogen and oxygen atoms in total. The Bertz CT molecular complexity index is 475. The molecule has 0 bridgehead atoms. The van der Waals surface area contributed by atoms with Gasteiger partial charge in [0.25, 0.3) is 0 Å². The fraction of sp³-hybridized carbons (Fsp3) is 0.467. The van der Waals surface area contributed by atoms with Crippen LogP contribution in [0.3, 0.4) is 0 Å². The van der Waals surface area contributed by atoms with Crippen molar-refractivity contribution < 1.29 is 14.3 Å². The number of anilines is 1. The molecule has 5 heteroatoms. The second kappa shape index (κ2) is 6.41. The molecule has 1 rings (SSSR count). The Balaban J connectivity index is 2.82. The molecule has 0 radical (unpaired) electrons. The highest BCUT2D eigenvalue weighted by Crippen LogP contribution is 2.14. The summed E-state index contributed by atoms with van der Waals surface area (Å²) in [6, 6.07) is 6.48. The molecular formula is C15H22N2O3. The zero-order valence-corrected chi connectivity index (χ0v) is 12.4. The van der Waals surface area contributed by atoms with Crippen LogP contribution < -0.4 is 11.1 Å². The van der Waals surface area contributed by atoms with Crippen LogP contribution in [0.5, 0.6) is 0 Å². The average Bonchev–Trinajstić information content (AvgIpc) is 2.38. The fourth-order valence-corrected chi connectivity index (χ4v) is 1.60. The molecule has 20 heavy (non-hydrogen) atoms. The van der Waals surface area contributed by atoms with E-state index < -0.39 is 17.4 Å². The summed E-state index contributed by atoms with van der Waals surface area (Å²) in [5.74, 6) is -0.650. The van der Waals surface area contributed by atoms with E-state index in [1.165, 1.54) is 7.11 Å². The van der Waals surface area contributed by atoms with Crippen molar-refractivity contribution in [3.05, 3.63) is 29.8 Å². The van der Waals surface area contributed by atoms with Crippen molar-refractivity contribution in [1.82, 2.24) is 5.32 Å². The summed E-state index contributed by atoms with van der Waals surface area (Å²) >= 11 is 0. The number of amides is 1. The Morgan fingerprint density at radius 3 is 2.25 bits per heavy atom. The molecule has 1 amide bonds. The molecular weight excluding hydrogens is 256 g/mol. The molecule has 0 heterocycles. The van der Waals surface area contributed by atoms with Crippen LogP contribution in [-0.4, -0.2) is 25.0 Å². The van der Waals surface area contributed by atoms with Crippen LogP contribution in [-0.2, 0) is 20.7 Å². The van der Waals surface area contributed by atoms with E-state index in [4.69, 9.17) is 10.5 Å². The molecule has 0 aromatic heterocycles. The lowest BCUT2D eigenvalue weighted by Gasteiger charge is -2.23. The number of nitrogen functional groups attached to an aromatic ring is 1. The summed E-state index contributed by atoms with van der Waals surface area (Å²) in [4.78, 5) is 23.8.